The molecule has 4 fully saturated rings. The van der Waals surface area contributed by atoms with E-state index >= 15 is 0 Å². The van der Waals surface area contributed by atoms with Gasteiger partial charge < -0.3 is 4.74 Å². The number of carbonyl (C=O) groups excluding carboxylic acids is 1. The van der Waals surface area contributed by atoms with Crippen LogP contribution < -0.4 is 0 Å². The van der Waals surface area contributed by atoms with Gasteiger partial charge in [0.1, 0.15) is 5.78 Å². The maximum Gasteiger partial charge on any atom is 0.462 e. The Morgan fingerprint density at radius 2 is 2.06 bits per heavy atom. The second-order valence-corrected chi connectivity index (χ2v) is 7.39. The highest BCUT2D eigenvalue weighted by Crippen LogP contribution is 2.65. The van der Waals surface area contributed by atoms with Crippen LogP contribution in [0.2, 0.25) is 0 Å². The number of alkyl halides is 2. The number of hydrogen-bond acceptors (Lipinski definition) is 4. The fourth-order valence-electron chi connectivity index (χ4n) is 3.69. The standard InChI is InChI=1S/C10H12F2O4S/c1-17(14,15)10(11,12)16-9-3-5-2-7(9)8(13)6(5)4-9/h5-7H,2-4H2,1H3. The summed E-state index contributed by atoms with van der Waals surface area (Å²) in [4.78, 5) is 11.7. The average Bonchev–Trinajstić information content (AvgIpc) is 2.78. The van der Waals surface area contributed by atoms with E-state index in [2.05, 4.69) is 4.74 Å². The van der Waals surface area contributed by atoms with E-state index in [1.165, 1.54) is 0 Å². The Hall–Kier alpha value is -0.560. The predicted molar refractivity (Wildman–Crippen MR) is 52.9 cm³/mol. The van der Waals surface area contributed by atoms with E-state index in [-0.39, 0.29) is 24.0 Å². The molecule has 0 saturated heterocycles. The number of sulfone groups is 1. The first-order valence-corrected chi connectivity index (χ1v) is 7.37. The Labute approximate surface area is 97.2 Å². The smallest absolute Gasteiger partial charge is 0.300 e. The maximum atomic E-state index is 13.4. The van der Waals surface area contributed by atoms with Crippen molar-refractivity contribution >= 4 is 15.6 Å². The number of Topliss-reactive ketones (excluding diaryl/α,β-unsaturated/α-hetero) is 1. The largest absolute Gasteiger partial charge is 0.462 e. The molecule has 4 bridgehead atoms. The summed E-state index contributed by atoms with van der Waals surface area (Å²) >= 11 is 0. The van der Waals surface area contributed by atoms with E-state index < -0.39 is 26.8 Å². The van der Waals surface area contributed by atoms with Crippen molar-refractivity contribution in [1.29, 1.82) is 0 Å². The summed E-state index contributed by atoms with van der Waals surface area (Å²) in [6, 6.07) is 0. The summed E-state index contributed by atoms with van der Waals surface area (Å²) in [5.41, 5.74) is -5.42. The molecule has 7 heteroatoms. The molecule has 0 radical (unpaired) electrons. The van der Waals surface area contributed by atoms with Crippen molar-refractivity contribution < 1.29 is 26.7 Å². The zero-order valence-electron chi connectivity index (χ0n) is 9.15. The van der Waals surface area contributed by atoms with E-state index in [1.54, 1.807) is 0 Å². The molecular formula is C10H12F2O4S. The summed E-state index contributed by atoms with van der Waals surface area (Å²) in [6.07, 6.45) is 1.66. The number of carbonyl (C=O) groups is 1. The lowest BCUT2D eigenvalue weighted by molar-refractivity contribution is -0.242. The molecule has 0 aromatic rings. The summed E-state index contributed by atoms with van der Waals surface area (Å²) in [5, 5.41) is 0. The van der Waals surface area contributed by atoms with Gasteiger partial charge in [0.15, 0.2) is 0 Å². The van der Waals surface area contributed by atoms with Crippen molar-refractivity contribution in [2.45, 2.75) is 30.3 Å². The second-order valence-electron chi connectivity index (χ2n) is 5.37. The topological polar surface area (TPSA) is 60.4 Å². The summed E-state index contributed by atoms with van der Waals surface area (Å²) < 4.78 is 53.4. The highest BCUT2D eigenvalue weighted by atomic mass is 32.2. The van der Waals surface area contributed by atoms with Crippen molar-refractivity contribution in [3.05, 3.63) is 0 Å². The SMILES string of the molecule is CS(=O)(=O)C(F)(F)OC12CC3CC1C(=O)C3C2. The Balaban J connectivity index is 1.91. The minimum absolute atomic E-state index is 0.0226. The first kappa shape index (κ1) is 11.5. The van der Waals surface area contributed by atoms with E-state index in [4.69, 9.17) is 0 Å². The van der Waals surface area contributed by atoms with Crippen molar-refractivity contribution in [3.63, 3.8) is 0 Å². The second kappa shape index (κ2) is 2.88. The van der Waals surface area contributed by atoms with Crippen LogP contribution in [0.5, 0.6) is 0 Å². The number of rotatable bonds is 3. The van der Waals surface area contributed by atoms with Gasteiger partial charge in [0.05, 0.1) is 5.60 Å². The van der Waals surface area contributed by atoms with E-state index in [9.17, 15) is 22.0 Å². The van der Waals surface area contributed by atoms with Gasteiger partial charge in [0, 0.05) is 18.1 Å². The maximum absolute atomic E-state index is 13.4. The van der Waals surface area contributed by atoms with Crippen LogP contribution in [0.1, 0.15) is 19.3 Å². The number of hydrogen-bond donors (Lipinski definition) is 0. The van der Waals surface area contributed by atoms with Crippen molar-refractivity contribution in [2.24, 2.45) is 17.8 Å². The normalized spacial score (nSPS) is 43.9. The predicted octanol–water partition coefficient (Wildman–Crippen LogP) is 0.965. The lowest BCUT2D eigenvalue weighted by Crippen LogP contribution is -2.44. The number of ether oxygens (including phenoxy) is 1. The van der Waals surface area contributed by atoms with E-state index in [1.807, 2.05) is 0 Å². The molecule has 0 spiro atoms. The lowest BCUT2D eigenvalue weighted by atomic mass is 9.94. The third-order valence-electron chi connectivity index (χ3n) is 4.38. The fraction of sp³-hybridized carbons (Fsp3) is 0.900. The first-order valence-electron chi connectivity index (χ1n) is 5.48. The van der Waals surface area contributed by atoms with Crippen LogP contribution in [-0.4, -0.2) is 31.5 Å². The summed E-state index contributed by atoms with van der Waals surface area (Å²) in [7, 11) is -4.61. The van der Waals surface area contributed by atoms with Gasteiger partial charge in [-0.1, -0.05) is 0 Å². The van der Waals surface area contributed by atoms with Gasteiger partial charge in [-0.05, 0) is 25.2 Å². The van der Waals surface area contributed by atoms with Gasteiger partial charge >= 0.3 is 5.44 Å². The van der Waals surface area contributed by atoms with E-state index in [0.29, 0.717) is 19.1 Å². The molecule has 4 rings (SSSR count). The molecule has 96 valence electrons. The summed E-state index contributed by atoms with van der Waals surface area (Å²) in [6.45, 7) is 0. The van der Waals surface area contributed by atoms with Crippen LogP contribution in [0.4, 0.5) is 8.78 Å². The van der Waals surface area contributed by atoms with Crippen LogP contribution in [0.3, 0.4) is 0 Å². The number of ketones is 1. The molecule has 4 atom stereocenters. The Bertz CT molecular complexity index is 500. The molecule has 0 aromatic heterocycles. The highest BCUT2D eigenvalue weighted by molar-refractivity contribution is 7.91. The van der Waals surface area contributed by atoms with Gasteiger partial charge in [-0.3, -0.25) is 4.79 Å². The average molecular weight is 266 g/mol. The van der Waals surface area contributed by atoms with Crippen LogP contribution in [0, 0.1) is 17.8 Å². The molecule has 0 heterocycles. The Morgan fingerprint density at radius 3 is 2.41 bits per heavy atom. The molecule has 0 aromatic carbocycles. The van der Waals surface area contributed by atoms with Gasteiger partial charge in [-0.2, -0.15) is 8.78 Å². The zero-order valence-corrected chi connectivity index (χ0v) is 9.97. The zero-order chi connectivity index (χ0) is 12.6. The third kappa shape index (κ3) is 1.29. The van der Waals surface area contributed by atoms with Crippen molar-refractivity contribution in [3.8, 4) is 0 Å². The quantitative estimate of drug-likeness (QED) is 0.763. The van der Waals surface area contributed by atoms with Crippen LogP contribution in [0.25, 0.3) is 0 Å². The molecule has 0 N–H and O–H groups in total. The minimum atomic E-state index is -4.61. The molecule has 4 saturated carbocycles. The van der Waals surface area contributed by atoms with Crippen molar-refractivity contribution in [1.82, 2.24) is 0 Å². The van der Waals surface area contributed by atoms with E-state index in [0.717, 1.165) is 0 Å². The fourth-order valence-corrected chi connectivity index (χ4v) is 4.01. The number of halogens is 2. The van der Waals surface area contributed by atoms with Crippen LogP contribution >= 0.6 is 0 Å². The lowest BCUT2D eigenvalue weighted by Gasteiger charge is -2.31. The summed E-state index contributed by atoms with van der Waals surface area (Å²) in [5.74, 6) is -0.617. The Kier molecular flexibility index (Phi) is 1.95. The van der Waals surface area contributed by atoms with Gasteiger partial charge in [-0.25, -0.2) is 8.42 Å². The minimum Gasteiger partial charge on any atom is -0.300 e. The molecule has 0 amide bonds. The molecule has 4 aliphatic carbocycles. The van der Waals surface area contributed by atoms with Gasteiger partial charge in [0.2, 0.25) is 9.84 Å². The van der Waals surface area contributed by atoms with Gasteiger partial charge in [0.25, 0.3) is 0 Å². The first-order chi connectivity index (χ1) is 7.66. The van der Waals surface area contributed by atoms with Crippen LogP contribution in [-0.2, 0) is 19.4 Å². The van der Waals surface area contributed by atoms with Gasteiger partial charge in [-0.15, -0.1) is 0 Å². The third-order valence-corrected chi connectivity index (χ3v) is 5.32. The van der Waals surface area contributed by atoms with Crippen LogP contribution in [0.15, 0.2) is 0 Å². The molecular weight excluding hydrogens is 254 g/mol. The molecule has 17 heavy (non-hydrogen) atoms. The molecule has 4 aliphatic rings. The molecule has 4 nitrogen and oxygen atoms in total. The molecule has 0 aliphatic heterocycles. The Morgan fingerprint density at radius 1 is 1.41 bits per heavy atom. The van der Waals surface area contributed by atoms with Crippen molar-refractivity contribution in [2.75, 3.05) is 6.26 Å². The highest BCUT2D eigenvalue weighted by Gasteiger charge is 2.71. The molecule has 4 unspecified atom stereocenters. The monoisotopic (exact) mass is 266 g/mol.